The lowest BCUT2D eigenvalue weighted by atomic mass is 9.81. The van der Waals surface area contributed by atoms with Crippen LogP contribution in [0.2, 0.25) is 5.02 Å². The third kappa shape index (κ3) is 6.10. The number of piperidine rings is 1. The van der Waals surface area contributed by atoms with Crippen molar-refractivity contribution >= 4 is 39.8 Å². The van der Waals surface area contributed by atoms with Gasteiger partial charge in [-0.15, -0.1) is 0 Å². The van der Waals surface area contributed by atoms with E-state index in [1.807, 2.05) is 4.90 Å². The maximum Gasteiger partial charge on any atom is 0.308 e. The number of methoxy groups -OCH3 is 1. The van der Waals surface area contributed by atoms with Crippen molar-refractivity contribution in [1.82, 2.24) is 9.88 Å². The second-order valence-electron chi connectivity index (χ2n) is 8.58. The Bertz CT molecular complexity index is 1270. The number of aromatic nitrogens is 1. The Morgan fingerprint density at radius 1 is 1.40 bits per heavy atom. The van der Waals surface area contributed by atoms with Gasteiger partial charge in [-0.2, -0.15) is 4.39 Å². The maximum absolute atomic E-state index is 15.5. The second-order valence-corrected chi connectivity index (χ2v) is 10.0. The minimum Gasteiger partial charge on any atom is -0.497 e. The molecule has 0 spiro atoms. The first-order valence-corrected chi connectivity index (χ1v) is 12.5. The smallest absolute Gasteiger partial charge is 0.308 e. The van der Waals surface area contributed by atoms with Gasteiger partial charge in [-0.25, -0.2) is 4.39 Å². The van der Waals surface area contributed by atoms with E-state index in [1.54, 1.807) is 24.3 Å². The molecule has 0 bridgehead atoms. The minimum atomic E-state index is -1.36. The molecule has 3 atom stereocenters. The fourth-order valence-electron chi connectivity index (χ4n) is 4.57. The van der Waals surface area contributed by atoms with E-state index >= 15 is 4.39 Å². The molecule has 3 unspecified atom stereocenters. The zero-order chi connectivity index (χ0) is 24.9. The zero-order valence-corrected chi connectivity index (χ0v) is 20.7. The molecule has 5 nitrogen and oxygen atoms in total. The van der Waals surface area contributed by atoms with Crippen molar-refractivity contribution < 1.29 is 23.4 Å². The number of pyridine rings is 1. The van der Waals surface area contributed by atoms with Gasteiger partial charge in [-0.05, 0) is 62.1 Å². The lowest BCUT2D eigenvalue weighted by molar-refractivity contribution is -0.146. The first-order chi connectivity index (χ1) is 16.9. The summed E-state index contributed by atoms with van der Waals surface area (Å²) in [6.07, 6.45) is 1.31. The number of nitrogens with zero attached hydrogens (tertiary/aromatic N) is 2. The monoisotopic (exact) mass is 518 g/mol. The Hall–Kier alpha value is -2.73. The number of benzene rings is 1. The number of rotatable bonds is 7. The van der Waals surface area contributed by atoms with Gasteiger partial charge >= 0.3 is 5.97 Å². The lowest BCUT2D eigenvalue weighted by Crippen LogP contribution is -2.44. The number of fused-ring (bicyclic) bond motifs is 1. The van der Waals surface area contributed by atoms with E-state index in [1.165, 1.54) is 19.4 Å². The Balaban J connectivity index is 1.41. The molecule has 0 amide bonds. The maximum atomic E-state index is 15.5. The van der Waals surface area contributed by atoms with Crippen molar-refractivity contribution in [2.45, 2.75) is 25.4 Å². The number of ether oxygens (including phenoxy) is 1. The molecular weight excluding hydrogens is 494 g/mol. The number of carbonyl (C=O) groups is 1. The summed E-state index contributed by atoms with van der Waals surface area (Å²) in [4.78, 5) is 18.9. The van der Waals surface area contributed by atoms with Crippen LogP contribution in [-0.4, -0.2) is 47.7 Å². The number of likely N-dealkylation sites (tertiary alicyclic amines) is 1. The van der Waals surface area contributed by atoms with Crippen LogP contribution in [0, 0.1) is 28.8 Å². The van der Waals surface area contributed by atoms with Crippen LogP contribution in [0.15, 0.2) is 36.5 Å². The summed E-state index contributed by atoms with van der Waals surface area (Å²) in [6.45, 7) is 1.43. The molecular formula is C26H25ClF2N2O3S. The van der Waals surface area contributed by atoms with Gasteiger partial charge in [-0.1, -0.05) is 34.8 Å². The summed E-state index contributed by atoms with van der Waals surface area (Å²) >= 11 is 7.31. The predicted octanol–water partition coefficient (Wildman–Crippen LogP) is 5.96. The highest BCUT2D eigenvalue weighted by Gasteiger charge is 2.34. The fraction of sp³-hybridized carbons (Fsp3) is 0.385. The number of aliphatic carboxylic acids is 1. The Morgan fingerprint density at radius 3 is 2.94 bits per heavy atom. The van der Waals surface area contributed by atoms with Crippen LogP contribution < -0.4 is 4.74 Å². The normalized spacial score (nSPS) is 19.2. The molecule has 1 aliphatic rings. The molecule has 0 aliphatic carbocycles. The quantitative estimate of drug-likeness (QED) is 0.391. The number of thiophene rings is 1. The van der Waals surface area contributed by atoms with Gasteiger partial charge in [0.1, 0.15) is 11.9 Å². The molecule has 1 aromatic carbocycles. The molecule has 35 heavy (non-hydrogen) atoms. The van der Waals surface area contributed by atoms with Gasteiger partial charge in [0.25, 0.3) is 0 Å². The summed E-state index contributed by atoms with van der Waals surface area (Å²) in [6, 6.07) is 8.24. The van der Waals surface area contributed by atoms with E-state index in [9.17, 15) is 14.3 Å². The van der Waals surface area contributed by atoms with Crippen molar-refractivity contribution in [2.24, 2.45) is 11.8 Å². The Morgan fingerprint density at radius 2 is 2.23 bits per heavy atom. The first kappa shape index (κ1) is 25.4. The molecule has 1 aliphatic heterocycles. The van der Waals surface area contributed by atoms with Gasteiger partial charge in [-0.3, -0.25) is 14.7 Å². The SMILES string of the molecule is COc1ccc2ncc(Cl)c(C(F)CCC3CCN(CC#Cc4ccc(F)s4)CC3C(=O)O)c2c1. The van der Waals surface area contributed by atoms with Crippen LogP contribution in [0.5, 0.6) is 5.75 Å². The molecule has 0 saturated carbocycles. The number of hydrogen-bond donors (Lipinski definition) is 1. The summed E-state index contributed by atoms with van der Waals surface area (Å²) in [5.41, 5.74) is 0.983. The highest BCUT2D eigenvalue weighted by atomic mass is 35.5. The molecule has 9 heteroatoms. The third-order valence-electron chi connectivity index (χ3n) is 6.42. The van der Waals surface area contributed by atoms with Crippen molar-refractivity contribution in [3.05, 3.63) is 57.1 Å². The van der Waals surface area contributed by atoms with E-state index < -0.39 is 18.1 Å². The van der Waals surface area contributed by atoms with Crippen molar-refractivity contribution in [3.63, 3.8) is 0 Å². The molecule has 3 heterocycles. The van der Waals surface area contributed by atoms with E-state index in [2.05, 4.69) is 16.8 Å². The van der Waals surface area contributed by atoms with E-state index in [0.29, 0.717) is 59.6 Å². The third-order valence-corrected chi connectivity index (χ3v) is 7.51. The minimum absolute atomic E-state index is 0.150. The van der Waals surface area contributed by atoms with E-state index in [-0.39, 0.29) is 22.5 Å². The number of carboxylic acid groups (broad SMARTS) is 1. The number of hydrogen-bond acceptors (Lipinski definition) is 5. The molecule has 184 valence electrons. The fourth-order valence-corrected chi connectivity index (χ4v) is 5.45. The van der Waals surface area contributed by atoms with Gasteiger partial charge < -0.3 is 9.84 Å². The van der Waals surface area contributed by atoms with Crippen LogP contribution in [0.3, 0.4) is 0 Å². The topological polar surface area (TPSA) is 62.7 Å². The van der Waals surface area contributed by atoms with Gasteiger partial charge in [0.15, 0.2) is 5.13 Å². The molecule has 1 N–H and O–H groups in total. The van der Waals surface area contributed by atoms with Crippen LogP contribution in [-0.2, 0) is 4.79 Å². The molecule has 4 rings (SSSR count). The van der Waals surface area contributed by atoms with Gasteiger partial charge in [0, 0.05) is 23.7 Å². The molecule has 2 aromatic heterocycles. The van der Waals surface area contributed by atoms with Gasteiger partial charge in [0.2, 0.25) is 0 Å². The molecule has 3 aromatic rings. The molecule has 0 radical (unpaired) electrons. The average molecular weight is 519 g/mol. The molecule has 1 fully saturated rings. The zero-order valence-electron chi connectivity index (χ0n) is 19.1. The van der Waals surface area contributed by atoms with Crippen molar-refractivity contribution in [2.75, 3.05) is 26.7 Å². The summed E-state index contributed by atoms with van der Waals surface area (Å²) < 4.78 is 33.9. The number of carboxylic acids is 1. The number of alkyl halides is 1. The van der Waals surface area contributed by atoms with Crippen LogP contribution in [0.1, 0.15) is 35.9 Å². The Kier molecular flexibility index (Phi) is 8.22. The predicted molar refractivity (Wildman–Crippen MR) is 133 cm³/mol. The van der Waals surface area contributed by atoms with Crippen molar-refractivity contribution in [1.29, 1.82) is 0 Å². The Labute approximate surface area is 211 Å². The second kappa shape index (κ2) is 11.3. The lowest BCUT2D eigenvalue weighted by Gasteiger charge is -2.36. The largest absolute Gasteiger partial charge is 0.497 e. The van der Waals surface area contributed by atoms with Crippen LogP contribution in [0.25, 0.3) is 10.9 Å². The van der Waals surface area contributed by atoms with E-state index in [0.717, 1.165) is 11.3 Å². The molecule has 1 saturated heterocycles. The van der Waals surface area contributed by atoms with Crippen molar-refractivity contribution in [3.8, 4) is 17.6 Å². The van der Waals surface area contributed by atoms with Crippen LogP contribution >= 0.6 is 22.9 Å². The standard InChI is InChI=1S/C26H25ClF2N2O3S/c1-34-17-5-8-23-19(13-17)25(21(27)14-30-23)22(28)7-4-16-10-12-31(15-20(16)26(32)33)11-2-3-18-6-9-24(29)35-18/h5-6,8-9,13-14,16,20,22H,4,7,10-12,15H2,1H3,(H,32,33). The summed E-state index contributed by atoms with van der Waals surface area (Å²) in [7, 11) is 1.54. The van der Waals surface area contributed by atoms with Crippen LogP contribution in [0.4, 0.5) is 8.78 Å². The van der Waals surface area contributed by atoms with E-state index in [4.69, 9.17) is 16.3 Å². The highest BCUT2D eigenvalue weighted by molar-refractivity contribution is 7.10. The summed E-state index contributed by atoms with van der Waals surface area (Å²) in [5, 5.41) is 10.4. The van der Waals surface area contributed by atoms with Gasteiger partial charge in [0.05, 0.1) is 35.0 Å². The highest BCUT2D eigenvalue weighted by Crippen LogP contribution is 2.38. The summed E-state index contributed by atoms with van der Waals surface area (Å²) in [5.74, 6) is 4.85. The first-order valence-electron chi connectivity index (χ1n) is 11.3. The average Bonchev–Trinajstić information content (AvgIpc) is 3.27. The number of halogens is 3.